The molecule has 158 valence electrons. The molecule has 30 heavy (non-hydrogen) atoms. The van der Waals surface area contributed by atoms with Crippen LogP contribution in [0.25, 0.3) is 22.3 Å². The molecule has 9 nitrogen and oxygen atoms in total. The third-order valence-electron chi connectivity index (χ3n) is 6.02. The second-order valence-electron chi connectivity index (χ2n) is 8.12. The van der Waals surface area contributed by atoms with Gasteiger partial charge in [-0.05, 0) is 11.6 Å². The molecule has 5 rings (SSSR count). The lowest BCUT2D eigenvalue weighted by molar-refractivity contribution is 0.0572. The highest BCUT2D eigenvalue weighted by Gasteiger charge is 2.35. The van der Waals surface area contributed by atoms with Crippen LogP contribution in [0.1, 0.15) is 0 Å². The first kappa shape index (κ1) is 19.3. The molecule has 4 heterocycles. The molecule has 4 unspecified atom stereocenters. The van der Waals surface area contributed by atoms with Crippen molar-refractivity contribution in [2.45, 2.75) is 24.4 Å². The summed E-state index contributed by atoms with van der Waals surface area (Å²) >= 11 is 0. The summed E-state index contributed by atoms with van der Waals surface area (Å²) in [5.41, 5.74) is 2.72. The fourth-order valence-electron chi connectivity index (χ4n) is 4.31. The summed E-state index contributed by atoms with van der Waals surface area (Å²) in [6.45, 7) is 1.03. The van der Waals surface area contributed by atoms with E-state index in [9.17, 15) is 20.4 Å². The van der Waals surface area contributed by atoms with Crippen molar-refractivity contribution in [3.63, 3.8) is 0 Å². The van der Waals surface area contributed by atoms with Crippen LogP contribution in [0.2, 0.25) is 0 Å². The predicted molar refractivity (Wildman–Crippen MR) is 112 cm³/mol. The van der Waals surface area contributed by atoms with Crippen LogP contribution in [-0.2, 0) is 7.05 Å². The SMILES string of the molecule is Cn1c(-c2ccccc2)cc2c(N3CC(O)C(O)C3)nc(N3CC(O)C(O)C3)nc21. The van der Waals surface area contributed by atoms with Crippen molar-refractivity contribution in [1.82, 2.24) is 14.5 Å². The standard InChI is InChI=1S/C21H25N5O4/c1-24-14(12-5-3-2-4-6-12)7-13-19(24)22-21(26-10-17(29)18(30)11-26)23-20(13)25-8-15(27)16(28)9-25/h2-7,15-18,27-30H,8-11H2,1H3. The Labute approximate surface area is 173 Å². The average Bonchev–Trinajstić information content (AvgIpc) is 3.38. The quantitative estimate of drug-likeness (QED) is 0.465. The number of aliphatic hydroxyl groups excluding tert-OH is 4. The number of aromatic nitrogens is 3. The van der Waals surface area contributed by atoms with Crippen LogP contribution in [0, 0.1) is 0 Å². The van der Waals surface area contributed by atoms with Gasteiger partial charge in [0.25, 0.3) is 0 Å². The van der Waals surface area contributed by atoms with Crippen molar-refractivity contribution >= 4 is 22.8 Å². The summed E-state index contributed by atoms with van der Waals surface area (Å²) in [7, 11) is 1.94. The summed E-state index contributed by atoms with van der Waals surface area (Å²) in [6.07, 6.45) is -3.38. The normalized spacial score (nSPS) is 26.8. The molecule has 9 heteroatoms. The van der Waals surface area contributed by atoms with Gasteiger partial charge in [-0.1, -0.05) is 30.3 Å². The third-order valence-corrected chi connectivity index (χ3v) is 6.02. The zero-order chi connectivity index (χ0) is 21.0. The van der Waals surface area contributed by atoms with Gasteiger partial charge in [0.1, 0.15) is 11.5 Å². The van der Waals surface area contributed by atoms with E-state index in [1.165, 1.54) is 0 Å². The van der Waals surface area contributed by atoms with Crippen molar-refractivity contribution in [3.05, 3.63) is 36.4 Å². The number of rotatable bonds is 3. The van der Waals surface area contributed by atoms with Crippen molar-refractivity contribution in [3.8, 4) is 11.3 Å². The van der Waals surface area contributed by atoms with E-state index in [1.807, 2.05) is 52.9 Å². The number of β-amino-alcohol motifs (C(OH)–C–C–N with tert-alkyl or cyclic N) is 4. The van der Waals surface area contributed by atoms with E-state index >= 15 is 0 Å². The Bertz CT molecular complexity index is 1050. The second-order valence-corrected chi connectivity index (χ2v) is 8.12. The molecule has 0 radical (unpaired) electrons. The minimum absolute atomic E-state index is 0.243. The predicted octanol–water partition coefficient (Wildman–Crippen LogP) is -0.281. The number of hydrogen-bond acceptors (Lipinski definition) is 8. The molecule has 2 aromatic heterocycles. The lowest BCUT2D eigenvalue weighted by atomic mass is 10.1. The molecule has 2 saturated heterocycles. The van der Waals surface area contributed by atoms with Gasteiger partial charge in [0.05, 0.1) is 35.5 Å². The number of anilines is 2. The first-order valence-electron chi connectivity index (χ1n) is 10.1. The highest BCUT2D eigenvalue weighted by Crippen LogP contribution is 2.35. The van der Waals surface area contributed by atoms with Crippen LogP contribution >= 0.6 is 0 Å². The fraction of sp³-hybridized carbons (Fsp3) is 0.429. The van der Waals surface area contributed by atoms with Crippen LogP contribution in [0.4, 0.5) is 11.8 Å². The van der Waals surface area contributed by atoms with E-state index in [1.54, 1.807) is 4.90 Å². The molecule has 0 amide bonds. The number of benzene rings is 1. The van der Waals surface area contributed by atoms with Gasteiger partial charge in [-0.15, -0.1) is 0 Å². The summed E-state index contributed by atoms with van der Waals surface area (Å²) < 4.78 is 1.99. The number of hydrogen-bond donors (Lipinski definition) is 4. The topological polar surface area (TPSA) is 118 Å². The Hall–Kier alpha value is -2.72. The van der Waals surface area contributed by atoms with Crippen LogP contribution < -0.4 is 9.80 Å². The Balaban J connectivity index is 1.67. The summed E-state index contributed by atoms with van der Waals surface area (Å²) in [5, 5.41) is 40.9. The van der Waals surface area contributed by atoms with Crippen LogP contribution in [0.15, 0.2) is 36.4 Å². The maximum Gasteiger partial charge on any atom is 0.229 e. The van der Waals surface area contributed by atoms with Gasteiger partial charge in [-0.2, -0.15) is 9.97 Å². The molecule has 0 saturated carbocycles. The van der Waals surface area contributed by atoms with Crippen LogP contribution in [0.3, 0.4) is 0 Å². The second kappa shape index (κ2) is 7.21. The number of nitrogens with zero attached hydrogens (tertiary/aromatic N) is 5. The van der Waals surface area contributed by atoms with Crippen molar-refractivity contribution < 1.29 is 20.4 Å². The Morgan fingerprint density at radius 1 is 0.800 bits per heavy atom. The molecule has 4 atom stereocenters. The van der Waals surface area contributed by atoms with Gasteiger partial charge in [-0.3, -0.25) is 0 Å². The van der Waals surface area contributed by atoms with Crippen molar-refractivity contribution in [2.24, 2.45) is 7.05 Å². The average molecular weight is 411 g/mol. The van der Waals surface area contributed by atoms with Crippen molar-refractivity contribution in [1.29, 1.82) is 0 Å². The Morgan fingerprint density at radius 2 is 1.37 bits per heavy atom. The number of fused-ring (bicyclic) bond motifs is 1. The number of aliphatic hydroxyl groups is 4. The van der Waals surface area contributed by atoms with Gasteiger partial charge in [-0.25, -0.2) is 0 Å². The van der Waals surface area contributed by atoms with Crippen molar-refractivity contribution in [2.75, 3.05) is 36.0 Å². The Morgan fingerprint density at radius 3 is 1.97 bits per heavy atom. The number of aryl methyl sites for hydroxylation is 1. The molecule has 2 fully saturated rings. The maximum atomic E-state index is 10.1. The fourth-order valence-corrected chi connectivity index (χ4v) is 4.31. The molecule has 0 spiro atoms. The third kappa shape index (κ3) is 3.10. The van der Waals surface area contributed by atoms with Gasteiger partial charge in [0, 0.05) is 33.2 Å². The molecule has 2 aliphatic heterocycles. The molecular formula is C21H25N5O4. The molecular weight excluding hydrogens is 386 g/mol. The summed E-state index contributed by atoms with van der Waals surface area (Å²) in [6, 6.07) is 12.0. The molecule has 2 aliphatic rings. The van der Waals surface area contributed by atoms with E-state index < -0.39 is 24.4 Å². The maximum absolute atomic E-state index is 10.1. The molecule has 3 aromatic rings. The summed E-state index contributed by atoms with van der Waals surface area (Å²) in [4.78, 5) is 13.1. The highest BCUT2D eigenvalue weighted by atomic mass is 16.3. The summed E-state index contributed by atoms with van der Waals surface area (Å²) in [5.74, 6) is 1.03. The highest BCUT2D eigenvalue weighted by molar-refractivity contribution is 5.94. The lowest BCUT2D eigenvalue weighted by Gasteiger charge is -2.21. The van der Waals surface area contributed by atoms with E-state index in [0.717, 1.165) is 16.6 Å². The van der Waals surface area contributed by atoms with Gasteiger partial charge < -0.3 is 34.8 Å². The zero-order valence-electron chi connectivity index (χ0n) is 16.6. The minimum atomic E-state index is -0.850. The van der Waals surface area contributed by atoms with Gasteiger partial charge >= 0.3 is 0 Å². The zero-order valence-corrected chi connectivity index (χ0v) is 16.6. The molecule has 1 aromatic carbocycles. The van der Waals surface area contributed by atoms with Gasteiger partial charge in [0.15, 0.2) is 0 Å². The van der Waals surface area contributed by atoms with E-state index in [4.69, 9.17) is 9.97 Å². The monoisotopic (exact) mass is 411 g/mol. The first-order valence-corrected chi connectivity index (χ1v) is 10.1. The van der Waals surface area contributed by atoms with E-state index in [-0.39, 0.29) is 26.2 Å². The molecule has 0 aliphatic carbocycles. The Kier molecular flexibility index (Phi) is 4.62. The van der Waals surface area contributed by atoms with Crippen LogP contribution in [-0.4, -0.2) is 85.6 Å². The minimum Gasteiger partial charge on any atom is -0.389 e. The van der Waals surface area contributed by atoms with Crippen LogP contribution in [0.5, 0.6) is 0 Å². The van der Waals surface area contributed by atoms with E-state index in [2.05, 4.69) is 0 Å². The smallest absolute Gasteiger partial charge is 0.229 e. The molecule has 0 bridgehead atoms. The van der Waals surface area contributed by atoms with Gasteiger partial charge in [0.2, 0.25) is 5.95 Å². The largest absolute Gasteiger partial charge is 0.389 e. The lowest BCUT2D eigenvalue weighted by Crippen LogP contribution is -2.27. The first-order chi connectivity index (χ1) is 14.4. The van der Waals surface area contributed by atoms with E-state index in [0.29, 0.717) is 17.4 Å². The molecule has 4 N–H and O–H groups in total.